The predicted molar refractivity (Wildman–Crippen MR) is 93.1 cm³/mol. The Balaban J connectivity index is 2.00. The van der Waals surface area contributed by atoms with Gasteiger partial charge in [0.1, 0.15) is 11.0 Å². The summed E-state index contributed by atoms with van der Waals surface area (Å²) in [5.74, 6) is 0.401. The molecule has 1 aromatic carbocycles. The summed E-state index contributed by atoms with van der Waals surface area (Å²) in [6, 6.07) is 5.93. The third-order valence-electron chi connectivity index (χ3n) is 3.46. The zero-order valence-corrected chi connectivity index (χ0v) is 14.6. The van der Waals surface area contributed by atoms with Gasteiger partial charge >= 0.3 is 0 Å². The molecule has 0 unspecified atom stereocenters. The van der Waals surface area contributed by atoms with Crippen molar-refractivity contribution in [1.29, 1.82) is 0 Å². The molecule has 0 saturated heterocycles. The molecule has 1 N–H and O–H groups in total. The molecule has 0 aliphatic carbocycles. The van der Waals surface area contributed by atoms with Crippen molar-refractivity contribution in [3.05, 3.63) is 57.1 Å². The third-order valence-corrected chi connectivity index (χ3v) is 4.08. The van der Waals surface area contributed by atoms with Gasteiger partial charge in [-0.3, -0.25) is 5.10 Å². The Kier molecular flexibility index (Phi) is 4.59. The number of hydrogen-bond donors (Lipinski definition) is 1. The van der Waals surface area contributed by atoms with Crippen molar-refractivity contribution in [3.63, 3.8) is 0 Å². The van der Waals surface area contributed by atoms with Gasteiger partial charge in [-0.25, -0.2) is 9.07 Å². The highest BCUT2D eigenvalue weighted by molar-refractivity contribution is 7.71. The lowest BCUT2D eigenvalue weighted by atomic mass is 10.3. The molecule has 0 fully saturated rings. The number of aromatic amines is 1. The predicted octanol–water partition coefficient (Wildman–Crippen LogP) is 3.67. The largest absolute Gasteiger partial charge is 0.250 e. The summed E-state index contributed by atoms with van der Waals surface area (Å²) in [6.07, 6.45) is 2.28. The van der Waals surface area contributed by atoms with Crippen LogP contribution in [0.1, 0.15) is 24.0 Å². The van der Waals surface area contributed by atoms with Gasteiger partial charge in [0.25, 0.3) is 0 Å². The fourth-order valence-corrected chi connectivity index (χ4v) is 2.72. The highest BCUT2D eigenvalue weighted by atomic mass is 35.5. The third kappa shape index (κ3) is 3.02. The molecule has 0 bridgehead atoms. The van der Waals surface area contributed by atoms with Gasteiger partial charge in [0, 0.05) is 6.42 Å². The number of aryl methyl sites for hydroxylation is 2. The van der Waals surface area contributed by atoms with Gasteiger partial charge in [-0.15, -0.1) is 0 Å². The number of benzene rings is 1. The van der Waals surface area contributed by atoms with Crippen LogP contribution < -0.4 is 0 Å². The zero-order valence-electron chi connectivity index (χ0n) is 13.0. The SMILES string of the molecule is CCc1n[nH]c(=S)n1/N=C/c1c(C)nn(-c2ccc(F)cc2)c1Cl. The quantitative estimate of drug-likeness (QED) is 0.567. The first kappa shape index (κ1) is 16.5. The molecular weight excluding hydrogens is 351 g/mol. The Hall–Kier alpha value is -2.32. The molecule has 0 radical (unpaired) electrons. The summed E-state index contributed by atoms with van der Waals surface area (Å²) in [5, 5.41) is 15.9. The number of nitrogens with one attached hydrogen (secondary N) is 1. The van der Waals surface area contributed by atoms with E-state index in [0.29, 0.717) is 33.3 Å². The first-order valence-corrected chi connectivity index (χ1v) is 8.01. The van der Waals surface area contributed by atoms with E-state index in [0.717, 1.165) is 5.82 Å². The van der Waals surface area contributed by atoms with Crippen LogP contribution in [-0.2, 0) is 6.42 Å². The van der Waals surface area contributed by atoms with Crippen molar-refractivity contribution in [1.82, 2.24) is 24.7 Å². The molecule has 3 aromatic rings. The van der Waals surface area contributed by atoms with Crippen LogP contribution in [-0.4, -0.2) is 30.9 Å². The number of H-pyrrole nitrogens is 1. The van der Waals surface area contributed by atoms with Crippen LogP contribution in [0.15, 0.2) is 29.4 Å². The fraction of sp³-hybridized carbons (Fsp3) is 0.200. The maximum Gasteiger partial charge on any atom is 0.216 e. The lowest BCUT2D eigenvalue weighted by Gasteiger charge is -2.02. The number of aromatic nitrogens is 5. The van der Waals surface area contributed by atoms with Crippen molar-refractivity contribution < 1.29 is 4.39 Å². The lowest BCUT2D eigenvalue weighted by molar-refractivity contribution is 0.627. The van der Waals surface area contributed by atoms with Crippen LogP contribution in [0.25, 0.3) is 5.69 Å². The van der Waals surface area contributed by atoms with Crippen LogP contribution in [0.4, 0.5) is 4.39 Å². The highest BCUT2D eigenvalue weighted by Gasteiger charge is 2.13. The Morgan fingerprint density at radius 2 is 2.08 bits per heavy atom. The molecule has 0 atom stereocenters. The number of rotatable bonds is 4. The standard InChI is InChI=1S/C15H14ClFN6S/c1-3-13-19-20-15(24)23(13)18-8-12-9(2)21-22(14(12)16)11-6-4-10(17)5-7-11/h4-8H,3H2,1-2H3,(H,20,24)/b18-8+. The van der Waals surface area contributed by atoms with E-state index in [1.807, 2.05) is 13.8 Å². The fourth-order valence-electron chi connectivity index (χ4n) is 2.20. The topological polar surface area (TPSA) is 63.8 Å². The molecule has 9 heteroatoms. The van der Waals surface area contributed by atoms with Gasteiger partial charge in [-0.05, 0) is 43.4 Å². The Morgan fingerprint density at radius 3 is 2.75 bits per heavy atom. The minimum absolute atomic E-state index is 0.318. The van der Waals surface area contributed by atoms with E-state index >= 15 is 0 Å². The maximum atomic E-state index is 13.1. The van der Waals surface area contributed by atoms with Crippen molar-refractivity contribution in [2.75, 3.05) is 0 Å². The van der Waals surface area contributed by atoms with Crippen LogP contribution >= 0.6 is 23.8 Å². The van der Waals surface area contributed by atoms with E-state index < -0.39 is 0 Å². The monoisotopic (exact) mass is 364 g/mol. The van der Waals surface area contributed by atoms with E-state index in [1.165, 1.54) is 16.8 Å². The van der Waals surface area contributed by atoms with Crippen LogP contribution in [0, 0.1) is 17.5 Å². The molecule has 2 aromatic heterocycles. The molecule has 0 saturated carbocycles. The second kappa shape index (κ2) is 6.66. The van der Waals surface area contributed by atoms with Crippen LogP contribution in [0.3, 0.4) is 0 Å². The Bertz CT molecular complexity index is 953. The summed E-state index contributed by atoms with van der Waals surface area (Å²) < 4.78 is 16.6. The highest BCUT2D eigenvalue weighted by Crippen LogP contribution is 2.22. The van der Waals surface area contributed by atoms with Crippen molar-refractivity contribution >= 4 is 30.0 Å². The zero-order chi connectivity index (χ0) is 17.3. The summed E-state index contributed by atoms with van der Waals surface area (Å²) in [5.41, 5.74) is 2.02. The number of nitrogens with zero attached hydrogens (tertiary/aromatic N) is 5. The van der Waals surface area contributed by atoms with Gasteiger partial charge in [-0.2, -0.15) is 20.0 Å². The van der Waals surface area contributed by atoms with Crippen molar-refractivity contribution in [3.8, 4) is 5.69 Å². The van der Waals surface area contributed by atoms with E-state index in [-0.39, 0.29) is 5.82 Å². The molecule has 0 aliphatic rings. The van der Waals surface area contributed by atoms with E-state index in [4.69, 9.17) is 23.8 Å². The van der Waals surface area contributed by atoms with E-state index in [1.54, 1.807) is 23.0 Å². The van der Waals surface area contributed by atoms with E-state index in [2.05, 4.69) is 20.4 Å². The molecule has 3 rings (SSSR count). The minimum Gasteiger partial charge on any atom is -0.250 e. The summed E-state index contributed by atoms with van der Waals surface area (Å²) in [6.45, 7) is 3.78. The summed E-state index contributed by atoms with van der Waals surface area (Å²) >= 11 is 11.6. The molecule has 6 nitrogen and oxygen atoms in total. The van der Waals surface area contributed by atoms with Crippen molar-refractivity contribution in [2.24, 2.45) is 5.10 Å². The lowest BCUT2D eigenvalue weighted by Crippen LogP contribution is -1.98. The van der Waals surface area contributed by atoms with Crippen molar-refractivity contribution in [2.45, 2.75) is 20.3 Å². The molecule has 0 spiro atoms. The average molecular weight is 365 g/mol. The van der Waals surface area contributed by atoms with Crippen LogP contribution in [0.2, 0.25) is 5.15 Å². The Morgan fingerprint density at radius 1 is 1.38 bits per heavy atom. The summed E-state index contributed by atoms with van der Waals surface area (Å²) in [7, 11) is 0. The van der Waals surface area contributed by atoms with Gasteiger partial charge in [0.05, 0.1) is 23.2 Å². The second-order valence-corrected chi connectivity index (χ2v) is 5.78. The Labute approximate surface area is 147 Å². The second-order valence-electron chi connectivity index (χ2n) is 5.03. The van der Waals surface area contributed by atoms with Gasteiger partial charge < -0.3 is 0 Å². The van der Waals surface area contributed by atoms with Gasteiger partial charge in [0.15, 0.2) is 5.82 Å². The number of hydrogen-bond acceptors (Lipinski definition) is 4. The molecule has 2 heterocycles. The average Bonchev–Trinajstić information content (AvgIpc) is 3.06. The number of halogens is 2. The molecule has 24 heavy (non-hydrogen) atoms. The first-order chi connectivity index (χ1) is 11.5. The minimum atomic E-state index is -0.318. The molecular formula is C15H14ClFN6S. The smallest absolute Gasteiger partial charge is 0.216 e. The van der Waals surface area contributed by atoms with E-state index in [9.17, 15) is 4.39 Å². The molecule has 0 amide bonds. The van der Waals surface area contributed by atoms with Crippen LogP contribution in [0.5, 0.6) is 0 Å². The van der Waals surface area contributed by atoms with Gasteiger partial charge in [0.2, 0.25) is 4.77 Å². The van der Waals surface area contributed by atoms with Gasteiger partial charge in [-0.1, -0.05) is 18.5 Å². The summed E-state index contributed by atoms with van der Waals surface area (Å²) in [4.78, 5) is 0. The molecule has 0 aliphatic heterocycles. The molecule has 124 valence electrons. The normalized spacial score (nSPS) is 11.5. The maximum absolute atomic E-state index is 13.1. The first-order valence-electron chi connectivity index (χ1n) is 7.23.